The van der Waals surface area contributed by atoms with Gasteiger partial charge < -0.3 is 10.4 Å². The van der Waals surface area contributed by atoms with Crippen LogP contribution in [0.25, 0.3) is 0 Å². The maximum Gasteiger partial charge on any atom is 0.305 e. The van der Waals surface area contributed by atoms with Gasteiger partial charge in [0.2, 0.25) is 0 Å². The minimum atomic E-state index is -0.745. The number of carboxylic acid groups (broad SMARTS) is 1. The predicted molar refractivity (Wildman–Crippen MR) is 57.1 cm³/mol. The molecule has 1 heterocycles. The van der Waals surface area contributed by atoms with Crippen LogP contribution in [0.3, 0.4) is 0 Å². The minimum Gasteiger partial charge on any atom is -0.481 e. The SMILES string of the molecule is Cl.O=C(O)C[C@@H]1Cc2ccccc2N1. The number of hydrogen-bond acceptors (Lipinski definition) is 2. The Kier molecular flexibility index (Phi) is 3.36. The lowest BCUT2D eigenvalue weighted by atomic mass is 10.1. The molecule has 2 rings (SSSR count). The van der Waals surface area contributed by atoms with E-state index in [1.54, 1.807) is 0 Å². The number of carboxylic acids is 1. The Morgan fingerprint density at radius 3 is 2.86 bits per heavy atom. The van der Waals surface area contributed by atoms with Crippen LogP contribution < -0.4 is 5.32 Å². The Labute approximate surface area is 88.5 Å². The third-order valence-electron chi connectivity index (χ3n) is 2.26. The molecule has 1 aromatic rings. The molecule has 0 saturated heterocycles. The molecule has 4 heteroatoms. The number of hydrogen-bond donors (Lipinski definition) is 2. The number of carbonyl (C=O) groups is 1. The summed E-state index contributed by atoms with van der Waals surface area (Å²) in [6.45, 7) is 0. The fourth-order valence-electron chi connectivity index (χ4n) is 1.71. The minimum absolute atomic E-state index is 0. The number of halogens is 1. The monoisotopic (exact) mass is 213 g/mol. The molecule has 0 aromatic heterocycles. The van der Waals surface area contributed by atoms with E-state index in [1.165, 1.54) is 5.56 Å². The summed E-state index contributed by atoms with van der Waals surface area (Å²) in [6, 6.07) is 8.01. The summed E-state index contributed by atoms with van der Waals surface area (Å²) in [5.74, 6) is -0.745. The molecule has 0 bridgehead atoms. The second-order valence-corrected chi connectivity index (χ2v) is 3.30. The van der Waals surface area contributed by atoms with Crippen LogP contribution in [0.15, 0.2) is 24.3 Å². The standard InChI is InChI=1S/C10H11NO2.ClH/c12-10(13)6-8-5-7-3-1-2-4-9(7)11-8;/h1-4,8,11H,5-6H2,(H,12,13);1H/t8-;/m0./s1. The van der Waals surface area contributed by atoms with E-state index >= 15 is 0 Å². The Morgan fingerprint density at radius 1 is 1.50 bits per heavy atom. The van der Waals surface area contributed by atoms with Crippen molar-refractivity contribution in [2.75, 3.05) is 5.32 Å². The summed E-state index contributed by atoms with van der Waals surface area (Å²) in [5, 5.41) is 11.8. The van der Waals surface area contributed by atoms with Gasteiger partial charge in [-0.15, -0.1) is 12.4 Å². The number of nitrogens with one attached hydrogen (secondary N) is 1. The van der Waals surface area contributed by atoms with E-state index in [-0.39, 0.29) is 24.9 Å². The summed E-state index contributed by atoms with van der Waals surface area (Å²) >= 11 is 0. The van der Waals surface area contributed by atoms with Gasteiger partial charge in [0.1, 0.15) is 0 Å². The molecule has 1 aliphatic rings. The molecular weight excluding hydrogens is 202 g/mol. The largest absolute Gasteiger partial charge is 0.481 e. The number of benzene rings is 1. The Hall–Kier alpha value is -1.22. The van der Waals surface area contributed by atoms with Crippen molar-refractivity contribution in [1.29, 1.82) is 0 Å². The van der Waals surface area contributed by atoms with Crippen LogP contribution in [0.2, 0.25) is 0 Å². The highest BCUT2D eigenvalue weighted by Crippen LogP contribution is 2.26. The van der Waals surface area contributed by atoms with Crippen molar-refractivity contribution in [1.82, 2.24) is 0 Å². The van der Waals surface area contributed by atoms with Crippen LogP contribution in [0.5, 0.6) is 0 Å². The summed E-state index contributed by atoms with van der Waals surface area (Å²) in [7, 11) is 0. The molecule has 1 atom stereocenters. The first-order valence-corrected chi connectivity index (χ1v) is 4.32. The Morgan fingerprint density at radius 2 is 2.21 bits per heavy atom. The van der Waals surface area contributed by atoms with E-state index in [0.29, 0.717) is 0 Å². The second kappa shape index (κ2) is 4.33. The zero-order valence-corrected chi connectivity index (χ0v) is 8.38. The molecule has 0 spiro atoms. The first-order chi connectivity index (χ1) is 6.25. The number of aliphatic carboxylic acids is 1. The van der Waals surface area contributed by atoms with Crippen LogP contribution in [0.1, 0.15) is 12.0 Å². The van der Waals surface area contributed by atoms with E-state index in [9.17, 15) is 4.79 Å². The number of anilines is 1. The van der Waals surface area contributed by atoms with Crippen LogP contribution in [0, 0.1) is 0 Å². The van der Waals surface area contributed by atoms with E-state index in [4.69, 9.17) is 5.11 Å². The normalized spacial score (nSPS) is 17.9. The molecular formula is C10H12ClNO2. The molecule has 1 aromatic carbocycles. The van der Waals surface area contributed by atoms with E-state index in [0.717, 1.165) is 12.1 Å². The lowest BCUT2D eigenvalue weighted by Crippen LogP contribution is -2.19. The zero-order valence-electron chi connectivity index (χ0n) is 7.56. The van der Waals surface area contributed by atoms with Gasteiger partial charge in [-0.25, -0.2) is 0 Å². The van der Waals surface area contributed by atoms with Crippen LogP contribution in [0.4, 0.5) is 5.69 Å². The van der Waals surface area contributed by atoms with Gasteiger partial charge in [-0.2, -0.15) is 0 Å². The third-order valence-corrected chi connectivity index (χ3v) is 2.26. The van der Waals surface area contributed by atoms with Crippen molar-refractivity contribution in [3.63, 3.8) is 0 Å². The van der Waals surface area contributed by atoms with Crippen molar-refractivity contribution in [3.05, 3.63) is 29.8 Å². The van der Waals surface area contributed by atoms with Gasteiger partial charge in [-0.1, -0.05) is 18.2 Å². The van der Waals surface area contributed by atoms with Gasteiger partial charge >= 0.3 is 5.97 Å². The van der Waals surface area contributed by atoms with Gasteiger partial charge in [-0.3, -0.25) is 4.79 Å². The predicted octanol–water partition coefficient (Wildman–Crippen LogP) is 1.92. The maximum absolute atomic E-state index is 10.5. The van der Waals surface area contributed by atoms with E-state index in [1.807, 2.05) is 24.3 Å². The van der Waals surface area contributed by atoms with Crippen molar-refractivity contribution in [3.8, 4) is 0 Å². The van der Waals surface area contributed by atoms with E-state index in [2.05, 4.69) is 5.32 Å². The molecule has 0 saturated carbocycles. The van der Waals surface area contributed by atoms with Crippen molar-refractivity contribution >= 4 is 24.1 Å². The number of para-hydroxylation sites is 1. The lowest BCUT2D eigenvalue weighted by Gasteiger charge is -2.06. The molecule has 2 N–H and O–H groups in total. The first-order valence-electron chi connectivity index (χ1n) is 4.32. The first kappa shape index (κ1) is 10.9. The fraction of sp³-hybridized carbons (Fsp3) is 0.300. The molecule has 0 amide bonds. The maximum atomic E-state index is 10.5. The molecule has 0 unspecified atom stereocenters. The molecule has 3 nitrogen and oxygen atoms in total. The average molecular weight is 214 g/mol. The highest BCUT2D eigenvalue weighted by molar-refractivity contribution is 5.85. The van der Waals surface area contributed by atoms with Gasteiger partial charge in [-0.05, 0) is 18.1 Å². The molecule has 0 radical (unpaired) electrons. The Bertz CT molecular complexity index is 316. The highest BCUT2D eigenvalue weighted by Gasteiger charge is 2.21. The van der Waals surface area contributed by atoms with Crippen LogP contribution in [-0.2, 0) is 11.2 Å². The summed E-state index contributed by atoms with van der Waals surface area (Å²) in [4.78, 5) is 10.5. The Balaban J connectivity index is 0.000000980. The van der Waals surface area contributed by atoms with Gasteiger partial charge in [0.15, 0.2) is 0 Å². The molecule has 76 valence electrons. The zero-order chi connectivity index (χ0) is 9.26. The highest BCUT2D eigenvalue weighted by atomic mass is 35.5. The summed E-state index contributed by atoms with van der Waals surface area (Å²) < 4.78 is 0. The topological polar surface area (TPSA) is 49.3 Å². The van der Waals surface area contributed by atoms with Crippen LogP contribution >= 0.6 is 12.4 Å². The second-order valence-electron chi connectivity index (χ2n) is 3.30. The van der Waals surface area contributed by atoms with Crippen molar-refractivity contribution in [2.45, 2.75) is 18.9 Å². The third kappa shape index (κ3) is 2.17. The van der Waals surface area contributed by atoms with Crippen LogP contribution in [-0.4, -0.2) is 17.1 Å². The van der Waals surface area contributed by atoms with E-state index < -0.39 is 5.97 Å². The summed E-state index contributed by atoms with van der Waals surface area (Å²) in [5.41, 5.74) is 2.29. The van der Waals surface area contributed by atoms with Gasteiger partial charge in [0.05, 0.1) is 6.42 Å². The van der Waals surface area contributed by atoms with Crippen molar-refractivity contribution in [2.24, 2.45) is 0 Å². The smallest absolute Gasteiger partial charge is 0.305 e. The molecule has 0 fully saturated rings. The summed E-state index contributed by atoms with van der Waals surface area (Å²) in [6.07, 6.45) is 1.01. The average Bonchev–Trinajstić information content (AvgIpc) is 2.44. The van der Waals surface area contributed by atoms with Gasteiger partial charge in [0.25, 0.3) is 0 Å². The van der Waals surface area contributed by atoms with Crippen molar-refractivity contribution < 1.29 is 9.90 Å². The molecule has 14 heavy (non-hydrogen) atoms. The fourth-order valence-corrected chi connectivity index (χ4v) is 1.71. The molecule has 0 aliphatic carbocycles. The van der Waals surface area contributed by atoms with Gasteiger partial charge in [0, 0.05) is 11.7 Å². The number of fused-ring (bicyclic) bond motifs is 1. The quantitative estimate of drug-likeness (QED) is 0.789. The lowest BCUT2D eigenvalue weighted by molar-refractivity contribution is -0.137. The number of rotatable bonds is 2. The molecule has 1 aliphatic heterocycles.